The number of halogens is 3. The number of carbonyl (C=O) groups excluding carboxylic acids is 1. The lowest BCUT2D eigenvalue weighted by Crippen LogP contribution is -2.38. The van der Waals surface area contributed by atoms with E-state index in [0.29, 0.717) is 24.1 Å². The van der Waals surface area contributed by atoms with Crippen molar-refractivity contribution in [2.24, 2.45) is 5.92 Å². The number of aromatic carboxylic acids is 1. The van der Waals surface area contributed by atoms with Crippen LogP contribution in [-0.2, 0) is 10.9 Å². The zero-order chi connectivity index (χ0) is 20.5. The Morgan fingerprint density at radius 1 is 1.32 bits per heavy atom. The SMILES string of the molecule is CC(NC(=O)c1ccc(-n2ncc(C(=O)O)c2C(F)(F)F)cc1)C1CCOC1. The third-order valence-electron chi connectivity index (χ3n) is 4.67. The van der Waals surface area contributed by atoms with Crippen molar-refractivity contribution >= 4 is 11.9 Å². The maximum atomic E-state index is 13.3. The number of nitrogens with one attached hydrogen (secondary N) is 1. The smallest absolute Gasteiger partial charge is 0.434 e. The summed E-state index contributed by atoms with van der Waals surface area (Å²) in [7, 11) is 0. The number of carbonyl (C=O) groups is 2. The lowest BCUT2D eigenvalue weighted by atomic mass is 10.0. The largest absolute Gasteiger partial charge is 0.478 e. The van der Waals surface area contributed by atoms with E-state index in [1.165, 1.54) is 24.3 Å². The Hall–Kier alpha value is -2.88. The molecule has 1 aliphatic rings. The molecule has 1 amide bonds. The van der Waals surface area contributed by atoms with Gasteiger partial charge in [-0.25, -0.2) is 9.48 Å². The Bertz CT molecular complexity index is 871. The average molecular weight is 397 g/mol. The topological polar surface area (TPSA) is 93.5 Å². The Labute approximate surface area is 158 Å². The van der Waals surface area contributed by atoms with Crippen molar-refractivity contribution in [3.8, 4) is 5.69 Å². The number of carboxylic acids is 1. The molecule has 0 saturated carbocycles. The lowest BCUT2D eigenvalue weighted by Gasteiger charge is -2.19. The predicted molar refractivity (Wildman–Crippen MR) is 91.4 cm³/mol. The van der Waals surface area contributed by atoms with E-state index in [2.05, 4.69) is 10.4 Å². The zero-order valence-corrected chi connectivity index (χ0v) is 14.9. The second-order valence-corrected chi connectivity index (χ2v) is 6.55. The molecule has 2 atom stereocenters. The molecule has 1 saturated heterocycles. The molecule has 2 heterocycles. The summed E-state index contributed by atoms with van der Waals surface area (Å²) >= 11 is 0. The fourth-order valence-corrected chi connectivity index (χ4v) is 3.08. The summed E-state index contributed by atoms with van der Waals surface area (Å²) < 4.78 is 45.7. The summed E-state index contributed by atoms with van der Waals surface area (Å²) in [6.45, 7) is 3.10. The van der Waals surface area contributed by atoms with Crippen molar-refractivity contribution < 1.29 is 32.6 Å². The first-order valence-electron chi connectivity index (χ1n) is 8.56. The normalized spacial score (nSPS) is 18.1. The van der Waals surface area contributed by atoms with Gasteiger partial charge in [0.1, 0.15) is 5.56 Å². The molecule has 0 aliphatic carbocycles. The number of benzene rings is 1. The third kappa shape index (κ3) is 4.01. The second kappa shape index (κ2) is 7.63. The third-order valence-corrected chi connectivity index (χ3v) is 4.67. The fourth-order valence-electron chi connectivity index (χ4n) is 3.08. The first-order chi connectivity index (χ1) is 13.2. The van der Waals surface area contributed by atoms with E-state index < -0.39 is 23.4 Å². The van der Waals surface area contributed by atoms with Gasteiger partial charge in [0.05, 0.1) is 18.5 Å². The molecule has 10 heteroatoms. The average Bonchev–Trinajstić information content (AvgIpc) is 3.31. The molecular weight excluding hydrogens is 379 g/mol. The molecule has 2 N–H and O–H groups in total. The quantitative estimate of drug-likeness (QED) is 0.809. The first-order valence-corrected chi connectivity index (χ1v) is 8.56. The van der Waals surface area contributed by atoms with Gasteiger partial charge in [0.2, 0.25) is 0 Å². The highest BCUT2D eigenvalue weighted by Gasteiger charge is 2.40. The van der Waals surface area contributed by atoms with Gasteiger partial charge in [-0.3, -0.25) is 4.79 Å². The molecule has 150 valence electrons. The van der Waals surface area contributed by atoms with Crippen LogP contribution in [0.3, 0.4) is 0 Å². The van der Waals surface area contributed by atoms with Gasteiger partial charge in [-0.2, -0.15) is 18.3 Å². The van der Waals surface area contributed by atoms with Gasteiger partial charge in [-0.05, 0) is 37.6 Å². The highest BCUT2D eigenvalue weighted by atomic mass is 19.4. The standard InChI is InChI=1S/C18H18F3N3O4/c1-10(12-6-7-28-9-12)23-16(25)11-2-4-13(5-3-11)24-15(18(19,20)21)14(8-22-24)17(26)27/h2-5,8,10,12H,6-7,9H2,1H3,(H,23,25)(H,26,27). The van der Waals surface area contributed by atoms with Crippen molar-refractivity contribution in [1.29, 1.82) is 0 Å². The predicted octanol–water partition coefficient (Wildman–Crippen LogP) is 2.74. The number of hydrogen-bond acceptors (Lipinski definition) is 4. The molecule has 1 aliphatic heterocycles. The van der Waals surface area contributed by atoms with Gasteiger partial charge in [0.15, 0.2) is 5.69 Å². The van der Waals surface area contributed by atoms with Crippen molar-refractivity contribution in [2.45, 2.75) is 25.6 Å². The second-order valence-electron chi connectivity index (χ2n) is 6.55. The maximum Gasteiger partial charge on any atom is 0.434 e. The molecule has 28 heavy (non-hydrogen) atoms. The molecule has 2 unspecified atom stereocenters. The van der Waals surface area contributed by atoms with Crippen molar-refractivity contribution in [1.82, 2.24) is 15.1 Å². The molecule has 0 radical (unpaired) electrons. The van der Waals surface area contributed by atoms with E-state index in [9.17, 15) is 22.8 Å². The number of amides is 1. The molecule has 7 nitrogen and oxygen atoms in total. The van der Waals surface area contributed by atoms with Crippen molar-refractivity contribution in [3.63, 3.8) is 0 Å². The number of aromatic nitrogens is 2. The molecular formula is C18H18F3N3O4. The zero-order valence-electron chi connectivity index (χ0n) is 14.9. The minimum absolute atomic E-state index is 0.00591. The minimum Gasteiger partial charge on any atom is -0.478 e. The summed E-state index contributed by atoms with van der Waals surface area (Å²) in [5, 5.41) is 15.4. The van der Waals surface area contributed by atoms with Crippen LogP contribution in [0.1, 0.15) is 39.8 Å². The summed E-state index contributed by atoms with van der Waals surface area (Å²) in [6.07, 6.45) is -3.40. The van der Waals surface area contributed by atoms with E-state index in [0.717, 1.165) is 6.42 Å². The molecule has 0 spiro atoms. The van der Waals surface area contributed by atoms with Crippen LogP contribution >= 0.6 is 0 Å². The van der Waals surface area contributed by atoms with Crippen LogP contribution in [0.25, 0.3) is 5.69 Å². The van der Waals surface area contributed by atoms with Gasteiger partial charge in [-0.15, -0.1) is 0 Å². The van der Waals surface area contributed by atoms with Crippen LogP contribution in [0.2, 0.25) is 0 Å². The summed E-state index contributed by atoms with van der Waals surface area (Å²) in [6, 6.07) is 5.20. The van der Waals surface area contributed by atoms with Gasteiger partial charge in [0, 0.05) is 24.1 Å². The molecule has 0 bridgehead atoms. The van der Waals surface area contributed by atoms with Gasteiger partial charge in [0.25, 0.3) is 5.91 Å². The number of hydrogen-bond donors (Lipinski definition) is 2. The molecule has 2 aromatic rings. The van der Waals surface area contributed by atoms with Gasteiger partial charge in [-0.1, -0.05) is 0 Å². The molecule has 1 aromatic heterocycles. The number of nitrogens with zero attached hydrogens (tertiary/aromatic N) is 2. The minimum atomic E-state index is -4.90. The number of carboxylic acid groups (broad SMARTS) is 1. The Kier molecular flexibility index (Phi) is 5.41. The molecule has 3 rings (SSSR count). The van der Waals surface area contributed by atoms with Crippen LogP contribution in [0.15, 0.2) is 30.5 Å². The summed E-state index contributed by atoms with van der Waals surface area (Å²) in [5.74, 6) is -1.86. The van der Waals surface area contributed by atoms with Crippen molar-refractivity contribution in [2.75, 3.05) is 13.2 Å². The van der Waals surface area contributed by atoms with E-state index in [-0.39, 0.29) is 29.1 Å². The Morgan fingerprint density at radius 3 is 2.54 bits per heavy atom. The molecule has 1 aromatic carbocycles. The van der Waals surface area contributed by atoms with Gasteiger partial charge >= 0.3 is 12.1 Å². The highest BCUT2D eigenvalue weighted by molar-refractivity contribution is 5.94. The van der Waals surface area contributed by atoms with E-state index in [4.69, 9.17) is 9.84 Å². The maximum absolute atomic E-state index is 13.3. The van der Waals surface area contributed by atoms with Crippen LogP contribution in [0.5, 0.6) is 0 Å². The number of rotatable bonds is 5. The monoisotopic (exact) mass is 397 g/mol. The van der Waals surface area contributed by atoms with Crippen molar-refractivity contribution in [3.05, 3.63) is 47.3 Å². The van der Waals surface area contributed by atoms with Crippen LogP contribution in [-0.4, -0.2) is 46.0 Å². The van der Waals surface area contributed by atoms with Crippen LogP contribution in [0.4, 0.5) is 13.2 Å². The Balaban J connectivity index is 1.81. The van der Waals surface area contributed by atoms with Crippen LogP contribution in [0, 0.1) is 5.92 Å². The number of alkyl halides is 3. The lowest BCUT2D eigenvalue weighted by molar-refractivity contribution is -0.143. The Morgan fingerprint density at radius 2 is 2.00 bits per heavy atom. The number of ether oxygens (including phenoxy) is 1. The highest BCUT2D eigenvalue weighted by Crippen LogP contribution is 2.33. The van der Waals surface area contributed by atoms with E-state index in [1.54, 1.807) is 0 Å². The van der Waals surface area contributed by atoms with Gasteiger partial charge < -0.3 is 15.2 Å². The first kappa shape index (κ1) is 19.9. The summed E-state index contributed by atoms with van der Waals surface area (Å²) in [4.78, 5) is 23.4. The van der Waals surface area contributed by atoms with E-state index >= 15 is 0 Å². The van der Waals surface area contributed by atoms with Crippen LogP contribution < -0.4 is 5.32 Å². The summed E-state index contributed by atoms with van der Waals surface area (Å²) in [5.41, 5.74) is -2.06. The molecule has 1 fully saturated rings. The fraction of sp³-hybridized carbons (Fsp3) is 0.389. The van der Waals surface area contributed by atoms with E-state index in [1.807, 2.05) is 6.92 Å².